The number of carbonyl (C=O) groups is 4. The number of unbranched alkanes of at least 4 members (excludes halogenated alkanes) is 1. The van der Waals surface area contributed by atoms with E-state index in [1.54, 1.807) is 12.1 Å². The first-order valence-corrected chi connectivity index (χ1v) is 8.78. The lowest BCUT2D eigenvalue weighted by Gasteiger charge is -2.03. The van der Waals surface area contributed by atoms with Crippen LogP contribution >= 0.6 is 0 Å². The van der Waals surface area contributed by atoms with Gasteiger partial charge in [0.25, 0.3) is 0 Å². The van der Waals surface area contributed by atoms with E-state index in [1.807, 2.05) is 0 Å². The van der Waals surface area contributed by atoms with Gasteiger partial charge in [0.15, 0.2) is 0 Å². The van der Waals surface area contributed by atoms with Gasteiger partial charge in [0.2, 0.25) is 0 Å². The van der Waals surface area contributed by atoms with Gasteiger partial charge < -0.3 is 42.0 Å². The van der Waals surface area contributed by atoms with Gasteiger partial charge in [0.1, 0.15) is 17.8 Å². The largest absolute Gasteiger partial charge is 0.481 e. The van der Waals surface area contributed by atoms with E-state index in [-0.39, 0.29) is 18.4 Å². The molecule has 170 valence electrons. The summed E-state index contributed by atoms with van der Waals surface area (Å²) in [5.41, 5.74) is 15.4. The van der Waals surface area contributed by atoms with Crippen molar-refractivity contribution >= 4 is 29.5 Å². The van der Waals surface area contributed by atoms with Crippen LogP contribution in [0, 0.1) is 0 Å². The smallest absolute Gasteiger partial charge is 0.338 e. The monoisotopic (exact) mass is 431 g/mol. The van der Waals surface area contributed by atoms with Crippen LogP contribution in [0.25, 0.3) is 5.57 Å². The van der Waals surface area contributed by atoms with Gasteiger partial charge >= 0.3 is 23.9 Å². The third kappa shape index (κ3) is 15.8. The maximum Gasteiger partial charge on any atom is 0.338 e. The van der Waals surface area contributed by atoms with Crippen LogP contribution in [0.5, 0.6) is 0 Å². The molecule has 2 unspecified atom stereocenters. The van der Waals surface area contributed by atoms with Crippen molar-refractivity contribution in [3.63, 3.8) is 0 Å². The van der Waals surface area contributed by atoms with Crippen LogP contribution in [-0.4, -0.2) is 62.9 Å². The van der Waals surface area contributed by atoms with Crippen molar-refractivity contribution in [1.29, 1.82) is 0 Å². The third-order valence-electron chi connectivity index (χ3n) is 3.35. The van der Waals surface area contributed by atoms with E-state index in [9.17, 15) is 19.2 Å². The second-order valence-corrected chi connectivity index (χ2v) is 5.87. The molecule has 0 amide bonds. The number of carboxylic acids is 4. The molecule has 0 aromatic carbocycles. The van der Waals surface area contributed by atoms with Crippen LogP contribution < -0.4 is 17.2 Å². The second-order valence-electron chi connectivity index (χ2n) is 5.87. The Morgan fingerprint density at radius 3 is 1.87 bits per heavy atom. The van der Waals surface area contributed by atoms with Gasteiger partial charge in [-0.2, -0.15) is 0 Å². The van der Waals surface area contributed by atoms with Crippen molar-refractivity contribution in [2.75, 3.05) is 6.54 Å². The van der Waals surface area contributed by atoms with Gasteiger partial charge in [-0.15, -0.1) is 0 Å². The molecule has 10 N–H and O–H groups in total. The molecule has 0 saturated carbocycles. The molecule has 0 aliphatic rings. The van der Waals surface area contributed by atoms with Crippen molar-refractivity contribution in [3.05, 3.63) is 30.7 Å². The Morgan fingerprint density at radius 1 is 0.967 bits per heavy atom. The van der Waals surface area contributed by atoms with E-state index < -0.39 is 36.0 Å². The first-order valence-electron chi connectivity index (χ1n) is 8.78. The van der Waals surface area contributed by atoms with E-state index in [0.29, 0.717) is 18.7 Å². The van der Waals surface area contributed by atoms with E-state index in [2.05, 4.69) is 6.58 Å². The van der Waals surface area contributed by atoms with Crippen LogP contribution in [-0.2, 0) is 19.2 Å². The predicted octanol–water partition coefficient (Wildman–Crippen LogP) is 0.168. The molecule has 0 fully saturated rings. The normalized spacial score (nSPS) is 11.6. The number of carboxylic acid groups (broad SMARTS) is 4. The zero-order valence-electron chi connectivity index (χ0n) is 16.4. The van der Waals surface area contributed by atoms with Crippen molar-refractivity contribution in [3.8, 4) is 0 Å². The summed E-state index contributed by atoms with van der Waals surface area (Å²) in [6.45, 7) is 3.91. The van der Waals surface area contributed by atoms with Crippen LogP contribution in [0.15, 0.2) is 29.4 Å². The number of hydrogen-bond acceptors (Lipinski definition) is 8. The highest BCUT2D eigenvalue weighted by Crippen LogP contribution is 2.11. The minimum Gasteiger partial charge on any atom is -0.481 e. The van der Waals surface area contributed by atoms with Gasteiger partial charge in [-0.1, -0.05) is 13.0 Å². The SMILES string of the molecule is C=C(C(=O)O)c1ccco1.NC(CCC(=O)O)C(=O)O.NCCCCC(N)C(=O)O. The Hall–Kier alpha value is -3.22. The highest BCUT2D eigenvalue weighted by atomic mass is 16.4. The third-order valence-corrected chi connectivity index (χ3v) is 3.35. The maximum atomic E-state index is 10.2. The van der Waals surface area contributed by atoms with Crippen LogP contribution in [0.4, 0.5) is 0 Å². The molecule has 1 heterocycles. The Bertz CT molecular complexity index is 674. The predicted molar refractivity (Wildman–Crippen MR) is 106 cm³/mol. The van der Waals surface area contributed by atoms with E-state index >= 15 is 0 Å². The van der Waals surface area contributed by atoms with Crippen molar-refractivity contribution in [2.45, 2.75) is 44.2 Å². The second kappa shape index (κ2) is 16.7. The van der Waals surface area contributed by atoms with Crippen molar-refractivity contribution < 1.29 is 44.0 Å². The molecule has 0 bridgehead atoms. The highest BCUT2D eigenvalue weighted by molar-refractivity contribution is 6.13. The zero-order valence-corrected chi connectivity index (χ0v) is 16.4. The summed E-state index contributed by atoms with van der Waals surface area (Å²) in [5.74, 6) is -3.89. The first-order chi connectivity index (χ1) is 13.9. The molecule has 12 heteroatoms. The first kappa shape index (κ1) is 29.0. The molecule has 2 atom stereocenters. The molecule has 0 radical (unpaired) electrons. The molecule has 12 nitrogen and oxygen atoms in total. The molecular weight excluding hydrogens is 402 g/mol. The minimum atomic E-state index is -1.17. The van der Waals surface area contributed by atoms with E-state index in [0.717, 1.165) is 12.8 Å². The fourth-order valence-corrected chi connectivity index (χ4v) is 1.59. The summed E-state index contributed by atoms with van der Waals surface area (Å²) < 4.78 is 4.78. The van der Waals surface area contributed by atoms with Gasteiger partial charge in [0.05, 0.1) is 11.8 Å². The number of aliphatic carboxylic acids is 4. The van der Waals surface area contributed by atoms with Gasteiger partial charge in [-0.05, 0) is 37.9 Å². The molecule has 30 heavy (non-hydrogen) atoms. The fourth-order valence-electron chi connectivity index (χ4n) is 1.59. The number of hydrogen-bond donors (Lipinski definition) is 7. The number of furan rings is 1. The summed E-state index contributed by atoms with van der Waals surface area (Å²) in [4.78, 5) is 40.2. The lowest BCUT2D eigenvalue weighted by molar-refractivity contribution is -0.140. The summed E-state index contributed by atoms with van der Waals surface area (Å²) in [5, 5.41) is 33.0. The molecule has 1 rings (SSSR count). The molecule has 1 aromatic heterocycles. The van der Waals surface area contributed by atoms with Crippen LogP contribution in [0.3, 0.4) is 0 Å². The molecule has 0 aliphatic heterocycles. The van der Waals surface area contributed by atoms with Crippen molar-refractivity contribution in [1.82, 2.24) is 0 Å². The van der Waals surface area contributed by atoms with Gasteiger partial charge in [-0.25, -0.2) is 4.79 Å². The van der Waals surface area contributed by atoms with Crippen LogP contribution in [0.2, 0.25) is 0 Å². The summed E-state index contributed by atoms with van der Waals surface area (Å²) in [6.07, 6.45) is 3.35. The lowest BCUT2D eigenvalue weighted by atomic mass is 10.1. The molecule has 0 spiro atoms. The standard InChI is InChI=1S/C7H6O3.C6H14N2O2.C5H9NO4/c1-5(7(8)9)6-3-2-4-10-6;7-4-2-1-3-5(8)6(9)10;6-3(5(9)10)1-2-4(7)8/h2-4H,1H2,(H,8,9);5H,1-4,7-8H2,(H,9,10);3H,1-2,6H2,(H,7,8)(H,9,10). The van der Waals surface area contributed by atoms with Crippen molar-refractivity contribution in [2.24, 2.45) is 17.2 Å². The molecule has 1 aromatic rings. The Balaban J connectivity index is 0. The maximum absolute atomic E-state index is 10.2. The Morgan fingerprint density at radius 2 is 1.50 bits per heavy atom. The van der Waals surface area contributed by atoms with Gasteiger partial charge in [-0.3, -0.25) is 14.4 Å². The average molecular weight is 431 g/mol. The molecular formula is C18H29N3O9. The summed E-state index contributed by atoms with van der Waals surface area (Å²) >= 11 is 0. The van der Waals surface area contributed by atoms with E-state index in [4.69, 9.17) is 42.0 Å². The topological polar surface area (TPSA) is 240 Å². The Labute approximate surface area is 172 Å². The van der Waals surface area contributed by atoms with Gasteiger partial charge in [0, 0.05) is 6.42 Å². The quantitative estimate of drug-likeness (QED) is 0.183. The lowest BCUT2D eigenvalue weighted by Crippen LogP contribution is -2.30. The van der Waals surface area contributed by atoms with Crippen LogP contribution in [0.1, 0.15) is 37.9 Å². The zero-order chi connectivity index (χ0) is 23.7. The molecule has 0 saturated heterocycles. The highest BCUT2D eigenvalue weighted by Gasteiger charge is 2.12. The minimum absolute atomic E-state index is 0.0231. The fraction of sp³-hybridized carbons (Fsp3) is 0.444. The molecule has 0 aliphatic carbocycles. The Kier molecular flexibility index (Phi) is 16.1. The summed E-state index contributed by atoms with van der Waals surface area (Å²) in [7, 11) is 0. The van der Waals surface area contributed by atoms with E-state index in [1.165, 1.54) is 6.26 Å². The summed E-state index contributed by atoms with van der Waals surface area (Å²) in [6, 6.07) is 1.39. The average Bonchev–Trinajstić information content (AvgIpc) is 3.20. The number of nitrogens with two attached hydrogens (primary N) is 3. The number of rotatable bonds is 11.